The second-order valence-corrected chi connectivity index (χ2v) is 8.38. The van der Waals surface area contributed by atoms with E-state index in [0.717, 1.165) is 11.1 Å². The van der Waals surface area contributed by atoms with Crippen LogP contribution in [0.25, 0.3) is 0 Å². The number of halogens is 3. The first-order chi connectivity index (χ1) is 14.7. The number of hydrogen-bond donors (Lipinski definition) is 2. The number of carbonyl (C=O) groups excluding carboxylic acids is 2. The summed E-state index contributed by atoms with van der Waals surface area (Å²) in [5.41, 5.74) is 1.38. The van der Waals surface area contributed by atoms with Crippen LogP contribution in [-0.4, -0.2) is 62.6 Å². The van der Waals surface area contributed by atoms with Crippen LogP contribution in [0.15, 0.2) is 16.6 Å². The van der Waals surface area contributed by atoms with Crippen LogP contribution in [0.4, 0.5) is 19.3 Å². The van der Waals surface area contributed by atoms with Crippen LogP contribution in [-0.2, 0) is 24.3 Å². The van der Waals surface area contributed by atoms with E-state index in [2.05, 4.69) is 26.3 Å². The third-order valence-corrected chi connectivity index (χ3v) is 5.98. The molecule has 4 rings (SSSR count). The molecule has 0 saturated carbocycles. The van der Waals surface area contributed by atoms with Gasteiger partial charge in [-0.25, -0.2) is 18.6 Å². The molecule has 0 spiro atoms. The summed E-state index contributed by atoms with van der Waals surface area (Å²) in [5, 5.41) is 17.5. The molecule has 2 aliphatic heterocycles. The Hall–Kier alpha value is -2.57. The van der Waals surface area contributed by atoms with Crippen molar-refractivity contribution >= 4 is 33.6 Å². The van der Waals surface area contributed by atoms with E-state index in [1.54, 1.807) is 0 Å². The van der Waals surface area contributed by atoms with Crippen molar-refractivity contribution in [2.45, 2.75) is 38.6 Å². The number of fused-ring (bicyclic) bond motifs is 3. The van der Waals surface area contributed by atoms with Gasteiger partial charge in [0.25, 0.3) is 5.91 Å². The molecule has 0 saturated heterocycles. The molecule has 2 aliphatic rings. The summed E-state index contributed by atoms with van der Waals surface area (Å²) >= 11 is 2.98. The fourth-order valence-corrected chi connectivity index (χ4v) is 4.13. The van der Waals surface area contributed by atoms with Crippen LogP contribution < -0.4 is 5.32 Å². The molecule has 2 aromatic rings. The Bertz CT molecular complexity index is 1060. The number of hydroxylamine groups is 2. The molecule has 3 heterocycles. The molecule has 0 fully saturated rings. The third-order valence-electron chi connectivity index (χ3n) is 5.37. The van der Waals surface area contributed by atoms with Crippen molar-refractivity contribution in [1.82, 2.24) is 19.7 Å². The monoisotopic (exact) mass is 499 g/mol. The Morgan fingerprint density at radius 1 is 1.39 bits per heavy atom. The number of benzene rings is 1. The van der Waals surface area contributed by atoms with E-state index in [1.807, 2.05) is 6.92 Å². The first-order valence-corrected chi connectivity index (χ1v) is 10.3. The molecule has 2 atom stereocenters. The van der Waals surface area contributed by atoms with E-state index in [0.29, 0.717) is 23.7 Å². The standard InChI is InChI=1S/C19H20BrF2N5O4/c1-9-3-15-11(17-18(29)25(2)31-10(8-28)6-27(17)24-15)7-26(9)19(30)23-16-4-12(20)13(21)5-14(16)22/h4-5,9-10,28H,3,6-8H2,1-2H3,(H,23,30)/t9-,10?/m1/s1. The summed E-state index contributed by atoms with van der Waals surface area (Å²) in [6, 6.07) is 0.964. The van der Waals surface area contributed by atoms with Crippen molar-refractivity contribution < 1.29 is 28.3 Å². The van der Waals surface area contributed by atoms with Crippen molar-refractivity contribution in [3.8, 4) is 0 Å². The van der Waals surface area contributed by atoms with Gasteiger partial charge < -0.3 is 15.3 Å². The Morgan fingerprint density at radius 3 is 2.84 bits per heavy atom. The highest BCUT2D eigenvalue weighted by Gasteiger charge is 2.37. The van der Waals surface area contributed by atoms with Gasteiger partial charge >= 0.3 is 6.03 Å². The van der Waals surface area contributed by atoms with Crippen LogP contribution >= 0.6 is 15.9 Å². The van der Waals surface area contributed by atoms with Gasteiger partial charge in [0.1, 0.15) is 23.4 Å². The lowest BCUT2D eigenvalue weighted by molar-refractivity contribution is -0.159. The average molecular weight is 500 g/mol. The molecule has 166 valence electrons. The maximum absolute atomic E-state index is 14.1. The highest BCUT2D eigenvalue weighted by molar-refractivity contribution is 9.10. The number of nitrogens with one attached hydrogen (secondary N) is 1. The van der Waals surface area contributed by atoms with E-state index in [4.69, 9.17) is 4.84 Å². The molecular formula is C19H20BrF2N5O4. The first-order valence-electron chi connectivity index (χ1n) is 9.56. The van der Waals surface area contributed by atoms with Crippen molar-refractivity contribution in [2.75, 3.05) is 19.0 Å². The molecule has 1 aromatic heterocycles. The van der Waals surface area contributed by atoms with E-state index in [1.165, 1.54) is 16.6 Å². The van der Waals surface area contributed by atoms with Crippen LogP contribution in [0, 0.1) is 11.6 Å². The Labute approximate surface area is 184 Å². The predicted octanol–water partition coefficient (Wildman–Crippen LogP) is 2.28. The third kappa shape index (κ3) is 3.90. The highest BCUT2D eigenvalue weighted by atomic mass is 79.9. The zero-order valence-electron chi connectivity index (χ0n) is 16.7. The van der Waals surface area contributed by atoms with Gasteiger partial charge in [0, 0.05) is 31.1 Å². The topological polar surface area (TPSA) is 99.9 Å². The summed E-state index contributed by atoms with van der Waals surface area (Å²) in [4.78, 5) is 32.6. The molecule has 0 bridgehead atoms. The SMILES string of the molecule is C[C@@H]1Cc2nn3c(c2CN1C(=O)Nc1cc(Br)c(F)cc1F)C(=O)N(C)OC(CO)C3. The number of aliphatic hydroxyl groups is 1. The summed E-state index contributed by atoms with van der Waals surface area (Å²) in [6.07, 6.45) is -0.242. The molecule has 9 nitrogen and oxygen atoms in total. The van der Waals surface area contributed by atoms with Gasteiger partial charge in [-0.05, 0) is 28.9 Å². The Morgan fingerprint density at radius 2 is 2.13 bits per heavy atom. The quantitative estimate of drug-likeness (QED) is 0.617. The lowest BCUT2D eigenvalue weighted by Gasteiger charge is -2.33. The van der Waals surface area contributed by atoms with E-state index >= 15 is 0 Å². The minimum absolute atomic E-state index is 0.0206. The average Bonchev–Trinajstić information content (AvgIpc) is 3.00. The Kier molecular flexibility index (Phi) is 5.71. The highest BCUT2D eigenvalue weighted by Crippen LogP contribution is 2.30. The molecule has 1 aromatic carbocycles. The summed E-state index contributed by atoms with van der Waals surface area (Å²) in [5.74, 6) is -2.11. The fourth-order valence-electron chi connectivity index (χ4n) is 3.78. The van der Waals surface area contributed by atoms with E-state index in [-0.39, 0.29) is 41.6 Å². The molecule has 2 N–H and O–H groups in total. The number of urea groups is 1. The first kappa shape index (κ1) is 21.7. The van der Waals surface area contributed by atoms with Crippen LogP contribution in [0.3, 0.4) is 0 Å². The number of aliphatic hydroxyl groups excluding tert-OH is 1. The second kappa shape index (κ2) is 8.17. The lowest BCUT2D eigenvalue weighted by Crippen LogP contribution is -2.45. The summed E-state index contributed by atoms with van der Waals surface area (Å²) in [6.45, 7) is 1.79. The van der Waals surface area contributed by atoms with Gasteiger partial charge in [0.05, 0.1) is 35.6 Å². The van der Waals surface area contributed by atoms with E-state index < -0.39 is 29.7 Å². The lowest BCUT2D eigenvalue weighted by atomic mass is 9.99. The normalized spacial score (nSPS) is 20.9. The number of carbonyl (C=O) groups is 2. The van der Waals surface area contributed by atoms with Crippen molar-refractivity contribution in [2.24, 2.45) is 0 Å². The van der Waals surface area contributed by atoms with Crippen molar-refractivity contribution in [3.05, 3.63) is 45.2 Å². The molecule has 1 unspecified atom stereocenters. The van der Waals surface area contributed by atoms with Gasteiger partial charge in [0.15, 0.2) is 0 Å². The smallest absolute Gasteiger partial charge is 0.322 e. The predicted molar refractivity (Wildman–Crippen MR) is 108 cm³/mol. The fraction of sp³-hybridized carbons (Fsp3) is 0.421. The second-order valence-electron chi connectivity index (χ2n) is 7.53. The minimum atomic E-state index is -0.900. The zero-order valence-corrected chi connectivity index (χ0v) is 18.3. The Balaban J connectivity index is 1.63. The zero-order chi connectivity index (χ0) is 22.4. The van der Waals surface area contributed by atoms with E-state index in [9.17, 15) is 23.5 Å². The van der Waals surface area contributed by atoms with Crippen LogP contribution in [0.5, 0.6) is 0 Å². The van der Waals surface area contributed by atoms with Crippen LogP contribution in [0.2, 0.25) is 0 Å². The number of rotatable bonds is 2. The number of aromatic nitrogens is 2. The van der Waals surface area contributed by atoms with Crippen molar-refractivity contribution in [1.29, 1.82) is 0 Å². The number of hydrogen-bond acceptors (Lipinski definition) is 5. The minimum Gasteiger partial charge on any atom is -0.393 e. The molecular weight excluding hydrogens is 480 g/mol. The number of amides is 3. The maximum atomic E-state index is 14.1. The number of anilines is 1. The van der Waals surface area contributed by atoms with Crippen molar-refractivity contribution in [3.63, 3.8) is 0 Å². The molecule has 31 heavy (non-hydrogen) atoms. The van der Waals surface area contributed by atoms with Gasteiger partial charge in [-0.3, -0.25) is 14.3 Å². The van der Waals surface area contributed by atoms with Crippen LogP contribution in [0.1, 0.15) is 28.7 Å². The molecule has 3 amide bonds. The molecule has 0 aliphatic carbocycles. The maximum Gasteiger partial charge on any atom is 0.322 e. The molecule has 12 heteroatoms. The van der Waals surface area contributed by atoms with Gasteiger partial charge in [-0.15, -0.1) is 0 Å². The van der Waals surface area contributed by atoms with Gasteiger partial charge in [-0.2, -0.15) is 5.10 Å². The van der Waals surface area contributed by atoms with Gasteiger partial charge in [0.2, 0.25) is 0 Å². The number of nitrogens with zero attached hydrogens (tertiary/aromatic N) is 4. The molecule has 0 radical (unpaired) electrons. The summed E-state index contributed by atoms with van der Waals surface area (Å²) in [7, 11) is 1.45. The van der Waals surface area contributed by atoms with Gasteiger partial charge in [-0.1, -0.05) is 0 Å². The summed E-state index contributed by atoms with van der Waals surface area (Å²) < 4.78 is 29.1. The largest absolute Gasteiger partial charge is 0.393 e.